The minimum Gasteiger partial charge on any atom is -0.423 e. The number of rotatable bonds is 2. The summed E-state index contributed by atoms with van der Waals surface area (Å²) in [6, 6.07) is 9.28. The molecule has 4 heteroatoms. The van der Waals surface area contributed by atoms with Gasteiger partial charge in [-0.25, -0.2) is 9.10 Å². The van der Waals surface area contributed by atoms with Gasteiger partial charge in [-0.2, -0.15) is 0 Å². The van der Waals surface area contributed by atoms with Crippen molar-refractivity contribution in [2.45, 2.75) is 38.5 Å². The SMILES string of the molecule is CC.CC1CCN(Sc2ccc3oc(=O)ccc3c2)CC1. The molecule has 0 amide bonds. The van der Waals surface area contributed by atoms with Crippen LogP contribution < -0.4 is 5.63 Å². The van der Waals surface area contributed by atoms with Gasteiger partial charge >= 0.3 is 5.63 Å². The highest BCUT2D eigenvalue weighted by atomic mass is 32.2. The van der Waals surface area contributed by atoms with Crippen LogP contribution in [-0.4, -0.2) is 17.4 Å². The normalized spacial score (nSPS) is 16.5. The second kappa shape index (κ2) is 7.66. The molecule has 1 fully saturated rings. The van der Waals surface area contributed by atoms with Crippen molar-refractivity contribution in [2.75, 3.05) is 13.1 Å². The standard InChI is InChI=1S/C15H17NO2S.C2H6/c1-11-6-8-16(9-7-11)19-13-3-4-14-12(10-13)2-5-15(17)18-14;1-2/h2-5,10-11H,6-9H2,1H3;1-2H3. The Bertz CT molecular complexity index is 630. The second-order valence-corrected chi connectivity index (χ2v) is 6.33. The van der Waals surface area contributed by atoms with Gasteiger partial charge in [0.25, 0.3) is 0 Å². The van der Waals surface area contributed by atoms with Gasteiger partial charge in [0, 0.05) is 29.4 Å². The molecule has 2 aromatic rings. The molecule has 0 spiro atoms. The zero-order valence-electron chi connectivity index (χ0n) is 13.0. The van der Waals surface area contributed by atoms with E-state index in [4.69, 9.17) is 4.42 Å². The second-order valence-electron chi connectivity index (χ2n) is 5.16. The highest BCUT2D eigenvalue weighted by Gasteiger charge is 2.16. The number of piperidine rings is 1. The summed E-state index contributed by atoms with van der Waals surface area (Å²) in [6.45, 7) is 8.61. The van der Waals surface area contributed by atoms with E-state index in [9.17, 15) is 4.79 Å². The summed E-state index contributed by atoms with van der Waals surface area (Å²) in [5.74, 6) is 0.850. The van der Waals surface area contributed by atoms with Crippen molar-refractivity contribution < 1.29 is 4.42 Å². The molecule has 1 aliphatic rings. The lowest BCUT2D eigenvalue weighted by atomic mass is 10.0. The molecule has 3 rings (SSSR count). The Hall–Kier alpha value is -1.26. The van der Waals surface area contributed by atoms with Crippen LogP contribution >= 0.6 is 11.9 Å². The third kappa shape index (κ3) is 4.35. The van der Waals surface area contributed by atoms with E-state index in [0.29, 0.717) is 5.58 Å². The van der Waals surface area contributed by atoms with Gasteiger partial charge in [0.15, 0.2) is 0 Å². The molecule has 1 aromatic carbocycles. The molecule has 1 aliphatic heterocycles. The van der Waals surface area contributed by atoms with Crippen molar-refractivity contribution in [1.82, 2.24) is 4.31 Å². The molecule has 114 valence electrons. The van der Waals surface area contributed by atoms with E-state index in [1.807, 2.05) is 32.0 Å². The molecule has 21 heavy (non-hydrogen) atoms. The molecule has 0 saturated carbocycles. The Morgan fingerprint density at radius 2 is 1.86 bits per heavy atom. The first-order valence-electron chi connectivity index (χ1n) is 7.67. The van der Waals surface area contributed by atoms with E-state index < -0.39 is 0 Å². The van der Waals surface area contributed by atoms with E-state index in [2.05, 4.69) is 17.3 Å². The van der Waals surface area contributed by atoms with Crippen LogP contribution in [0.15, 0.2) is 44.4 Å². The fourth-order valence-corrected chi connectivity index (χ4v) is 3.33. The first-order chi connectivity index (χ1) is 10.2. The fourth-order valence-electron chi connectivity index (χ4n) is 2.33. The zero-order valence-corrected chi connectivity index (χ0v) is 13.8. The lowest BCUT2D eigenvalue weighted by molar-refractivity contribution is 0.308. The quantitative estimate of drug-likeness (QED) is 0.601. The zero-order chi connectivity index (χ0) is 15.2. The molecule has 2 heterocycles. The summed E-state index contributed by atoms with van der Waals surface area (Å²) in [5.41, 5.74) is 0.363. The molecular weight excluding hydrogens is 282 g/mol. The van der Waals surface area contributed by atoms with E-state index in [1.165, 1.54) is 23.8 Å². The molecule has 3 nitrogen and oxygen atoms in total. The summed E-state index contributed by atoms with van der Waals surface area (Å²) in [5, 5.41) is 0.981. The van der Waals surface area contributed by atoms with Gasteiger partial charge in [0.05, 0.1) is 0 Å². The van der Waals surface area contributed by atoms with E-state index in [-0.39, 0.29) is 5.63 Å². The number of fused-ring (bicyclic) bond motifs is 1. The van der Waals surface area contributed by atoms with E-state index >= 15 is 0 Å². The van der Waals surface area contributed by atoms with Gasteiger partial charge in [-0.15, -0.1) is 0 Å². The van der Waals surface area contributed by atoms with Crippen LogP contribution in [-0.2, 0) is 0 Å². The Balaban J connectivity index is 0.000000774. The maximum absolute atomic E-state index is 11.1. The first-order valence-corrected chi connectivity index (χ1v) is 8.45. The highest BCUT2D eigenvalue weighted by molar-refractivity contribution is 7.97. The number of benzene rings is 1. The van der Waals surface area contributed by atoms with Crippen LogP contribution in [0.1, 0.15) is 33.6 Å². The average Bonchev–Trinajstić information content (AvgIpc) is 2.52. The predicted octanol–water partition coefficient (Wildman–Crippen LogP) is 4.56. The maximum atomic E-state index is 11.1. The average molecular weight is 305 g/mol. The third-order valence-electron chi connectivity index (χ3n) is 3.57. The molecule has 0 aliphatic carbocycles. The fraction of sp³-hybridized carbons (Fsp3) is 0.471. The van der Waals surface area contributed by atoms with Gasteiger partial charge in [-0.3, -0.25) is 0 Å². The number of hydrogen-bond acceptors (Lipinski definition) is 4. The van der Waals surface area contributed by atoms with Crippen molar-refractivity contribution in [2.24, 2.45) is 5.92 Å². The summed E-state index contributed by atoms with van der Waals surface area (Å²) in [7, 11) is 0. The number of hydrogen-bond donors (Lipinski definition) is 0. The van der Waals surface area contributed by atoms with Crippen LogP contribution in [0.5, 0.6) is 0 Å². The molecule has 0 atom stereocenters. The minimum atomic E-state index is -0.294. The van der Waals surface area contributed by atoms with Gasteiger partial charge in [-0.05, 0) is 55.0 Å². The van der Waals surface area contributed by atoms with Crippen molar-refractivity contribution >= 4 is 22.9 Å². The minimum absolute atomic E-state index is 0.294. The monoisotopic (exact) mass is 305 g/mol. The van der Waals surface area contributed by atoms with Crippen molar-refractivity contribution in [3.63, 3.8) is 0 Å². The summed E-state index contributed by atoms with van der Waals surface area (Å²) in [6.07, 6.45) is 2.55. The lowest BCUT2D eigenvalue weighted by Gasteiger charge is -2.28. The highest BCUT2D eigenvalue weighted by Crippen LogP contribution is 2.29. The summed E-state index contributed by atoms with van der Waals surface area (Å²) < 4.78 is 7.56. The lowest BCUT2D eigenvalue weighted by Crippen LogP contribution is -2.27. The topological polar surface area (TPSA) is 33.5 Å². The largest absolute Gasteiger partial charge is 0.423 e. The summed E-state index contributed by atoms with van der Waals surface area (Å²) >= 11 is 1.80. The molecular formula is C17H23NO2S. The maximum Gasteiger partial charge on any atom is 0.336 e. The van der Waals surface area contributed by atoms with E-state index in [1.54, 1.807) is 11.9 Å². The first kappa shape index (κ1) is 16.1. The molecule has 1 aromatic heterocycles. The molecule has 0 unspecified atom stereocenters. The predicted molar refractivity (Wildman–Crippen MR) is 89.7 cm³/mol. The van der Waals surface area contributed by atoms with Crippen LogP contribution in [0.4, 0.5) is 0 Å². The van der Waals surface area contributed by atoms with Crippen LogP contribution in [0.3, 0.4) is 0 Å². The van der Waals surface area contributed by atoms with Gasteiger partial charge in [-0.1, -0.05) is 20.8 Å². The molecule has 0 radical (unpaired) electrons. The van der Waals surface area contributed by atoms with Crippen molar-refractivity contribution in [3.05, 3.63) is 40.8 Å². The van der Waals surface area contributed by atoms with Crippen molar-refractivity contribution in [3.8, 4) is 0 Å². The Kier molecular flexibility index (Phi) is 5.88. The van der Waals surface area contributed by atoms with Gasteiger partial charge < -0.3 is 4.42 Å². The van der Waals surface area contributed by atoms with Crippen molar-refractivity contribution in [1.29, 1.82) is 0 Å². The summed E-state index contributed by atoms with van der Waals surface area (Å²) in [4.78, 5) is 12.3. The van der Waals surface area contributed by atoms with Crippen LogP contribution in [0.2, 0.25) is 0 Å². The Labute approximate surface area is 130 Å². The van der Waals surface area contributed by atoms with Gasteiger partial charge in [0.1, 0.15) is 5.58 Å². The third-order valence-corrected chi connectivity index (χ3v) is 4.66. The van der Waals surface area contributed by atoms with E-state index in [0.717, 1.165) is 24.4 Å². The van der Waals surface area contributed by atoms with Crippen LogP contribution in [0.25, 0.3) is 11.0 Å². The molecule has 1 saturated heterocycles. The molecule has 0 bridgehead atoms. The Morgan fingerprint density at radius 3 is 2.57 bits per heavy atom. The smallest absolute Gasteiger partial charge is 0.336 e. The number of nitrogens with zero attached hydrogens (tertiary/aromatic N) is 1. The van der Waals surface area contributed by atoms with Gasteiger partial charge in [0.2, 0.25) is 0 Å². The van der Waals surface area contributed by atoms with Crippen LogP contribution in [0, 0.1) is 5.92 Å². The molecule has 0 N–H and O–H groups in total. The Morgan fingerprint density at radius 1 is 1.14 bits per heavy atom.